The Morgan fingerprint density at radius 1 is 1.56 bits per heavy atom. The topological polar surface area (TPSA) is 73.8 Å². The van der Waals surface area contributed by atoms with Crippen molar-refractivity contribution in [3.8, 4) is 0 Å². The number of carbonyl (C=O) groups is 1. The third-order valence-corrected chi connectivity index (χ3v) is 2.23. The average molecular weight is 216 g/mol. The Morgan fingerprint density at radius 3 is 3.00 bits per heavy atom. The zero-order chi connectivity index (χ0) is 11.5. The molecule has 2 aromatic heterocycles. The van der Waals surface area contributed by atoms with E-state index in [1.807, 2.05) is 7.05 Å². The molecular formula is C11H12N4O. The number of aryl methyl sites for hydroxylation is 1. The van der Waals surface area contributed by atoms with Gasteiger partial charge in [0.2, 0.25) is 0 Å². The van der Waals surface area contributed by atoms with Crippen molar-refractivity contribution in [3.05, 3.63) is 42.0 Å². The lowest BCUT2D eigenvalue weighted by atomic mass is 10.1. The van der Waals surface area contributed by atoms with Gasteiger partial charge in [0.05, 0.1) is 11.9 Å². The van der Waals surface area contributed by atoms with Crippen LogP contribution >= 0.6 is 0 Å². The van der Waals surface area contributed by atoms with Crippen LogP contribution in [-0.4, -0.2) is 20.5 Å². The molecule has 2 heterocycles. The average Bonchev–Trinajstić information content (AvgIpc) is 2.64. The van der Waals surface area contributed by atoms with Crippen molar-refractivity contribution >= 4 is 11.5 Å². The van der Waals surface area contributed by atoms with Crippen molar-refractivity contribution in [2.75, 3.05) is 5.73 Å². The molecule has 0 saturated carbocycles. The normalized spacial score (nSPS) is 10.3. The van der Waals surface area contributed by atoms with E-state index in [9.17, 15) is 4.79 Å². The van der Waals surface area contributed by atoms with Crippen molar-refractivity contribution in [3.63, 3.8) is 0 Å². The first-order valence-corrected chi connectivity index (χ1v) is 4.88. The van der Waals surface area contributed by atoms with E-state index < -0.39 is 0 Å². The molecule has 0 atom stereocenters. The van der Waals surface area contributed by atoms with E-state index in [0.29, 0.717) is 11.4 Å². The lowest BCUT2D eigenvalue weighted by Gasteiger charge is -2.01. The predicted octanol–water partition coefficient (Wildman–Crippen LogP) is 0.823. The molecule has 2 N–H and O–H groups in total. The van der Waals surface area contributed by atoms with Crippen molar-refractivity contribution in [1.29, 1.82) is 0 Å². The molecule has 0 aliphatic carbocycles. The molecule has 0 aliphatic heterocycles. The number of rotatable bonds is 3. The number of ketones is 1. The maximum absolute atomic E-state index is 11.9. The van der Waals surface area contributed by atoms with Crippen LogP contribution in [0.2, 0.25) is 0 Å². The Morgan fingerprint density at radius 2 is 2.38 bits per heavy atom. The van der Waals surface area contributed by atoms with E-state index in [2.05, 4.69) is 10.1 Å². The number of nitrogen functional groups attached to an aromatic ring is 1. The number of hydrogen-bond donors (Lipinski definition) is 1. The largest absolute Gasteiger partial charge is 0.397 e. The van der Waals surface area contributed by atoms with Gasteiger partial charge in [0.25, 0.3) is 0 Å². The summed E-state index contributed by atoms with van der Waals surface area (Å²) in [6, 6.07) is 3.37. The van der Waals surface area contributed by atoms with Crippen LogP contribution in [0.15, 0.2) is 30.7 Å². The molecule has 0 aromatic carbocycles. The van der Waals surface area contributed by atoms with Crippen molar-refractivity contribution in [2.45, 2.75) is 6.42 Å². The quantitative estimate of drug-likeness (QED) is 0.771. The second kappa shape index (κ2) is 4.14. The van der Waals surface area contributed by atoms with Crippen LogP contribution in [0.4, 0.5) is 5.69 Å². The summed E-state index contributed by atoms with van der Waals surface area (Å²) in [6.45, 7) is 0. The fourth-order valence-electron chi connectivity index (χ4n) is 1.48. The number of nitrogens with two attached hydrogens (primary N) is 1. The van der Waals surface area contributed by atoms with Crippen LogP contribution in [-0.2, 0) is 13.5 Å². The van der Waals surface area contributed by atoms with Gasteiger partial charge in [0, 0.05) is 25.9 Å². The summed E-state index contributed by atoms with van der Waals surface area (Å²) in [5.41, 5.74) is 7.27. The predicted molar refractivity (Wildman–Crippen MR) is 59.9 cm³/mol. The van der Waals surface area contributed by atoms with Gasteiger partial charge in [0.1, 0.15) is 5.69 Å². The van der Waals surface area contributed by atoms with Crippen molar-refractivity contribution in [2.24, 2.45) is 7.05 Å². The number of pyridine rings is 1. The van der Waals surface area contributed by atoms with Gasteiger partial charge in [-0.15, -0.1) is 0 Å². The minimum Gasteiger partial charge on any atom is -0.397 e. The van der Waals surface area contributed by atoms with Gasteiger partial charge in [-0.2, -0.15) is 5.10 Å². The lowest BCUT2D eigenvalue weighted by Crippen LogP contribution is -2.08. The first-order valence-electron chi connectivity index (χ1n) is 4.88. The molecule has 0 amide bonds. The molecule has 0 saturated heterocycles. The summed E-state index contributed by atoms with van der Waals surface area (Å²) in [5, 5.41) is 4.00. The third-order valence-electron chi connectivity index (χ3n) is 2.23. The number of anilines is 1. The Labute approximate surface area is 92.9 Å². The Kier molecular flexibility index (Phi) is 2.68. The summed E-state index contributed by atoms with van der Waals surface area (Å²) in [7, 11) is 1.81. The molecule has 0 spiro atoms. The van der Waals surface area contributed by atoms with Gasteiger partial charge >= 0.3 is 0 Å². The van der Waals surface area contributed by atoms with E-state index in [-0.39, 0.29) is 12.2 Å². The van der Waals surface area contributed by atoms with Gasteiger partial charge in [-0.25, -0.2) is 0 Å². The molecule has 0 aliphatic rings. The van der Waals surface area contributed by atoms with Crippen molar-refractivity contribution < 1.29 is 4.79 Å². The zero-order valence-corrected chi connectivity index (χ0v) is 8.92. The molecule has 0 radical (unpaired) electrons. The highest BCUT2D eigenvalue weighted by atomic mass is 16.1. The van der Waals surface area contributed by atoms with E-state index in [1.54, 1.807) is 35.4 Å². The highest BCUT2D eigenvalue weighted by Crippen LogP contribution is 2.10. The van der Waals surface area contributed by atoms with Crippen LogP contribution in [0.25, 0.3) is 0 Å². The number of hydrogen-bond acceptors (Lipinski definition) is 4. The highest BCUT2D eigenvalue weighted by molar-refractivity contribution is 5.99. The Bertz CT molecular complexity index is 518. The van der Waals surface area contributed by atoms with Gasteiger partial charge in [-0.05, 0) is 17.7 Å². The Hall–Kier alpha value is -2.17. The standard InChI is InChI=1S/C11H12N4O/c1-15-7-8(6-14-15)5-10(16)11-9(12)3-2-4-13-11/h2-4,6-7H,5,12H2,1H3. The van der Waals surface area contributed by atoms with Gasteiger partial charge < -0.3 is 5.73 Å². The zero-order valence-electron chi connectivity index (χ0n) is 8.92. The molecule has 0 fully saturated rings. The van der Waals surface area contributed by atoms with E-state index in [4.69, 9.17) is 5.73 Å². The fourth-order valence-corrected chi connectivity index (χ4v) is 1.48. The van der Waals surface area contributed by atoms with Crippen LogP contribution < -0.4 is 5.73 Å². The smallest absolute Gasteiger partial charge is 0.187 e. The molecule has 0 bridgehead atoms. The van der Waals surface area contributed by atoms with Gasteiger partial charge in [-0.3, -0.25) is 14.5 Å². The maximum atomic E-state index is 11.9. The third kappa shape index (κ3) is 2.08. The summed E-state index contributed by atoms with van der Waals surface area (Å²) >= 11 is 0. The van der Waals surface area contributed by atoms with Gasteiger partial charge in [0.15, 0.2) is 5.78 Å². The minimum atomic E-state index is -0.0916. The van der Waals surface area contributed by atoms with E-state index >= 15 is 0 Å². The maximum Gasteiger partial charge on any atom is 0.187 e. The van der Waals surface area contributed by atoms with Crippen LogP contribution in [0, 0.1) is 0 Å². The van der Waals surface area contributed by atoms with E-state index in [0.717, 1.165) is 5.56 Å². The molecule has 2 aromatic rings. The lowest BCUT2D eigenvalue weighted by molar-refractivity contribution is 0.0989. The van der Waals surface area contributed by atoms with Gasteiger partial charge in [-0.1, -0.05) is 0 Å². The summed E-state index contributed by atoms with van der Waals surface area (Å²) < 4.78 is 1.66. The van der Waals surface area contributed by atoms with Crippen molar-refractivity contribution in [1.82, 2.24) is 14.8 Å². The second-order valence-corrected chi connectivity index (χ2v) is 3.56. The first kappa shape index (κ1) is 10.4. The van der Waals surface area contributed by atoms with Crippen LogP contribution in [0.1, 0.15) is 16.1 Å². The number of carbonyl (C=O) groups excluding carboxylic acids is 1. The molecule has 2 rings (SSSR count). The molecule has 16 heavy (non-hydrogen) atoms. The molecular weight excluding hydrogens is 204 g/mol. The minimum absolute atomic E-state index is 0.0916. The monoisotopic (exact) mass is 216 g/mol. The van der Waals surface area contributed by atoms with Crippen LogP contribution in [0.5, 0.6) is 0 Å². The summed E-state index contributed by atoms with van der Waals surface area (Å²) in [5.74, 6) is -0.0916. The Balaban J connectivity index is 2.18. The molecule has 0 unspecified atom stereocenters. The summed E-state index contributed by atoms with van der Waals surface area (Å²) in [6.07, 6.45) is 5.30. The molecule has 5 nitrogen and oxygen atoms in total. The fraction of sp³-hybridized carbons (Fsp3) is 0.182. The number of Topliss-reactive ketones (excluding diaryl/α,β-unsaturated/α-hetero) is 1. The summed E-state index contributed by atoms with van der Waals surface area (Å²) in [4.78, 5) is 15.8. The number of nitrogens with zero attached hydrogens (tertiary/aromatic N) is 3. The molecule has 5 heteroatoms. The highest BCUT2D eigenvalue weighted by Gasteiger charge is 2.12. The molecule has 82 valence electrons. The second-order valence-electron chi connectivity index (χ2n) is 3.56. The van der Waals surface area contributed by atoms with E-state index in [1.165, 1.54) is 0 Å². The SMILES string of the molecule is Cn1cc(CC(=O)c2ncccc2N)cn1. The van der Waals surface area contributed by atoms with Crippen LogP contribution in [0.3, 0.4) is 0 Å². The first-order chi connectivity index (χ1) is 7.66. The number of aromatic nitrogens is 3.